The van der Waals surface area contributed by atoms with Gasteiger partial charge >= 0.3 is 5.91 Å². The van der Waals surface area contributed by atoms with Crippen LogP contribution in [0, 0.1) is 33.5 Å². The summed E-state index contributed by atoms with van der Waals surface area (Å²) in [5, 5.41) is 20.9. The van der Waals surface area contributed by atoms with Crippen LogP contribution in [0.5, 0.6) is 0 Å². The SMILES string of the molecule is CCOC1(OCC)[NH+]=C(N)[C@@]2(C#N)[C@](C)(c3ccc(Cl)cc3)[C@@]12C#N. The fourth-order valence-electron chi connectivity index (χ4n) is 4.61. The van der Waals surface area contributed by atoms with Gasteiger partial charge in [-0.25, -0.2) is 4.99 Å². The number of nitrogens with two attached hydrogens (primary N) is 1. The zero-order valence-corrected chi connectivity index (χ0v) is 15.1. The number of halogens is 1. The van der Waals surface area contributed by atoms with E-state index in [-0.39, 0.29) is 5.84 Å². The van der Waals surface area contributed by atoms with E-state index in [4.69, 9.17) is 26.8 Å². The molecule has 1 aliphatic carbocycles. The summed E-state index contributed by atoms with van der Waals surface area (Å²) in [6, 6.07) is 11.7. The fraction of sp³-hybridized carbons (Fsp3) is 0.500. The second-order valence-corrected chi connectivity index (χ2v) is 6.81. The zero-order valence-electron chi connectivity index (χ0n) is 14.4. The van der Waals surface area contributed by atoms with Crippen LogP contribution in [0.2, 0.25) is 5.02 Å². The molecule has 0 bridgehead atoms. The number of rotatable bonds is 5. The molecule has 0 aromatic heterocycles. The molecule has 1 saturated carbocycles. The van der Waals surface area contributed by atoms with Gasteiger partial charge in [-0.2, -0.15) is 10.5 Å². The summed E-state index contributed by atoms with van der Waals surface area (Å²) in [6.07, 6.45) is 0. The Kier molecular flexibility index (Phi) is 3.85. The standard InChI is InChI=1S/C18H19ClN4O2/c1-4-24-18(25-5-2)17(11-21)15(3,12-6-8-13(19)9-7-12)16(17,10-20)14(22)23-18/h6-9H,4-5H2,1-3H3,(H2,22,23)/p+1/t15-,16-,17+/m0/s1. The van der Waals surface area contributed by atoms with Crippen LogP contribution in [0.3, 0.4) is 0 Å². The van der Waals surface area contributed by atoms with Gasteiger partial charge in [-0.15, -0.1) is 0 Å². The fourth-order valence-corrected chi connectivity index (χ4v) is 4.74. The van der Waals surface area contributed by atoms with E-state index in [1.54, 1.807) is 26.0 Å². The summed E-state index contributed by atoms with van der Waals surface area (Å²) in [6.45, 7) is 6.04. The quantitative estimate of drug-likeness (QED) is 0.757. The van der Waals surface area contributed by atoms with E-state index in [9.17, 15) is 10.5 Å². The maximum absolute atomic E-state index is 10.2. The highest BCUT2D eigenvalue weighted by Gasteiger charge is 3.03. The van der Waals surface area contributed by atoms with E-state index in [1.807, 2.05) is 19.1 Å². The van der Waals surface area contributed by atoms with Crippen molar-refractivity contribution in [1.29, 1.82) is 10.5 Å². The lowest BCUT2D eigenvalue weighted by Crippen LogP contribution is -2.91. The maximum Gasteiger partial charge on any atom is 0.343 e. The van der Waals surface area contributed by atoms with Crippen LogP contribution < -0.4 is 10.7 Å². The molecule has 0 radical (unpaired) electrons. The van der Waals surface area contributed by atoms with Crippen LogP contribution in [0.25, 0.3) is 0 Å². The highest BCUT2D eigenvalue weighted by molar-refractivity contribution is 6.30. The minimum Gasteiger partial charge on any atom is -0.314 e. The average Bonchev–Trinajstić information content (AvgIpc) is 3.01. The van der Waals surface area contributed by atoms with Crippen molar-refractivity contribution in [1.82, 2.24) is 0 Å². The molecule has 25 heavy (non-hydrogen) atoms. The lowest BCUT2D eigenvalue weighted by atomic mass is 9.84. The van der Waals surface area contributed by atoms with Gasteiger partial charge in [0.15, 0.2) is 10.8 Å². The molecule has 1 heterocycles. The first kappa shape index (κ1) is 17.7. The number of hydrogen-bond acceptors (Lipinski definition) is 5. The van der Waals surface area contributed by atoms with Crippen LogP contribution in [0.1, 0.15) is 26.3 Å². The summed E-state index contributed by atoms with van der Waals surface area (Å²) >= 11 is 6.00. The van der Waals surface area contributed by atoms with E-state index >= 15 is 0 Å². The molecule has 3 atom stereocenters. The molecule has 3 rings (SSSR count). The topological polar surface area (TPSA) is 106 Å². The first-order valence-corrected chi connectivity index (χ1v) is 8.52. The Morgan fingerprint density at radius 3 is 2.12 bits per heavy atom. The predicted molar refractivity (Wildman–Crippen MR) is 91.0 cm³/mol. The summed E-state index contributed by atoms with van der Waals surface area (Å²) in [5.74, 6) is -1.30. The summed E-state index contributed by atoms with van der Waals surface area (Å²) < 4.78 is 11.8. The molecule has 1 fully saturated rings. The molecule has 2 aliphatic rings. The normalized spacial score (nSPS) is 34.6. The molecule has 1 aliphatic heterocycles. The van der Waals surface area contributed by atoms with Crippen LogP contribution in [0.4, 0.5) is 0 Å². The molecule has 6 nitrogen and oxygen atoms in total. The van der Waals surface area contributed by atoms with Crippen LogP contribution >= 0.6 is 11.6 Å². The van der Waals surface area contributed by atoms with Gasteiger partial charge in [-0.1, -0.05) is 30.7 Å². The highest BCUT2D eigenvalue weighted by atomic mass is 35.5. The predicted octanol–water partition coefficient (Wildman–Crippen LogP) is 0.809. The Morgan fingerprint density at radius 1 is 1.12 bits per heavy atom. The second kappa shape index (κ2) is 5.44. The van der Waals surface area contributed by atoms with Crippen molar-refractivity contribution in [2.75, 3.05) is 13.2 Å². The molecule has 0 amide bonds. The lowest BCUT2D eigenvalue weighted by Gasteiger charge is -2.32. The van der Waals surface area contributed by atoms with Gasteiger partial charge in [-0.05, 0) is 31.5 Å². The Hall–Kier alpha value is -2.12. The van der Waals surface area contributed by atoms with Gasteiger partial charge in [0.2, 0.25) is 0 Å². The highest BCUT2D eigenvalue weighted by Crippen LogP contribution is 2.82. The smallest absolute Gasteiger partial charge is 0.314 e. The average molecular weight is 360 g/mol. The summed E-state index contributed by atoms with van der Waals surface area (Å²) in [4.78, 5) is 2.97. The number of amidine groups is 1. The van der Waals surface area contributed by atoms with Crippen molar-refractivity contribution in [2.45, 2.75) is 32.1 Å². The van der Waals surface area contributed by atoms with Crippen molar-refractivity contribution in [3.63, 3.8) is 0 Å². The first-order valence-electron chi connectivity index (χ1n) is 8.15. The number of nitrogens with zero attached hydrogens (tertiary/aromatic N) is 2. The van der Waals surface area contributed by atoms with E-state index < -0.39 is 22.2 Å². The molecule has 1 aromatic carbocycles. The van der Waals surface area contributed by atoms with Crippen molar-refractivity contribution >= 4 is 17.4 Å². The zero-order chi connectivity index (χ0) is 18.5. The van der Waals surface area contributed by atoms with E-state index in [0.717, 1.165) is 5.56 Å². The van der Waals surface area contributed by atoms with Crippen molar-refractivity contribution in [3.05, 3.63) is 34.9 Å². The van der Waals surface area contributed by atoms with Crippen molar-refractivity contribution in [3.8, 4) is 12.1 Å². The van der Waals surface area contributed by atoms with Crippen molar-refractivity contribution < 1.29 is 14.5 Å². The Balaban J connectivity index is 2.30. The van der Waals surface area contributed by atoms with E-state index in [0.29, 0.717) is 18.2 Å². The molecule has 7 heteroatoms. The Labute approximate surface area is 151 Å². The largest absolute Gasteiger partial charge is 0.343 e. The third-order valence-corrected chi connectivity index (χ3v) is 5.90. The maximum atomic E-state index is 10.2. The van der Waals surface area contributed by atoms with Crippen LogP contribution in [-0.2, 0) is 14.9 Å². The summed E-state index contributed by atoms with van der Waals surface area (Å²) in [7, 11) is 0. The molecule has 0 unspecified atom stereocenters. The van der Waals surface area contributed by atoms with Crippen LogP contribution in [0.15, 0.2) is 24.3 Å². The van der Waals surface area contributed by atoms with Gasteiger partial charge in [-0.3, -0.25) is 5.73 Å². The molecule has 0 saturated heterocycles. The van der Waals surface area contributed by atoms with E-state index in [2.05, 4.69) is 17.1 Å². The first-order chi connectivity index (χ1) is 11.9. The van der Waals surface area contributed by atoms with Gasteiger partial charge in [0.1, 0.15) is 0 Å². The summed E-state index contributed by atoms with van der Waals surface area (Å²) in [5.41, 5.74) is 3.53. The minimum absolute atomic E-state index is 0.191. The van der Waals surface area contributed by atoms with Gasteiger partial charge < -0.3 is 9.47 Å². The minimum atomic E-state index is -1.49. The molecule has 3 N–H and O–H groups in total. The molecular weight excluding hydrogens is 340 g/mol. The molecule has 130 valence electrons. The molecule has 0 spiro atoms. The van der Waals surface area contributed by atoms with Gasteiger partial charge in [0.05, 0.1) is 30.8 Å². The monoisotopic (exact) mass is 359 g/mol. The number of nitrogens with one attached hydrogen (secondary N) is 1. The Bertz CT molecular complexity index is 819. The van der Waals surface area contributed by atoms with Gasteiger partial charge in [0.25, 0.3) is 5.84 Å². The van der Waals surface area contributed by atoms with Crippen molar-refractivity contribution in [2.24, 2.45) is 16.6 Å². The number of benzene rings is 1. The number of hydrogen-bond donors (Lipinski definition) is 2. The molecule has 1 aromatic rings. The van der Waals surface area contributed by atoms with Crippen LogP contribution in [-0.4, -0.2) is 25.0 Å². The third kappa shape index (κ3) is 1.63. The van der Waals surface area contributed by atoms with Gasteiger partial charge in [0, 0.05) is 5.02 Å². The lowest BCUT2D eigenvalue weighted by molar-refractivity contribution is -0.694. The second-order valence-electron chi connectivity index (χ2n) is 6.38. The number of fused-ring (bicyclic) bond motifs is 1. The number of nitriles is 2. The third-order valence-electron chi connectivity index (χ3n) is 5.65. The Morgan fingerprint density at radius 2 is 1.68 bits per heavy atom. The van der Waals surface area contributed by atoms with E-state index in [1.165, 1.54) is 0 Å². The number of ether oxygens (including phenoxy) is 2. The molecular formula is C18H20ClN4O2+.